The first-order valence-corrected chi connectivity index (χ1v) is 5.53. The molecule has 18 heavy (non-hydrogen) atoms. The number of imidazole rings is 1. The second-order valence-corrected chi connectivity index (χ2v) is 3.94. The zero-order valence-corrected chi connectivity index (χ0v) is 10.1. The third-order valence-corrected chi connectivity index (χ3v) is 2.54. The van der Waals surface area contributed by atoms with Gasteiger partial charge in [0.2, 0.25) is 5.89 Å². The molecule has 5 nitrogen and oxygen atoms in total. The molecule has 98 valence electrons. The molecule has 0 fully saturated rings. The Bertz CT molecular complexity index is 509. The van der Waals surface area contributed by atoms with E-state index in [1.54, 1.807) is 13.1 Å². The summed E-state index contributed by atoms with van der Waals surface area (Å²) in [6.45, 7) is 1.29. The minimum Gasteiger partial charge on any atom is -0.444 e. The minimum atomic E-state index is -2.58. The summed E-state index contributed by atoms with van der Waals surface area (Å²) in [6, 6.07) is -0.165. The highest BCUT2D eigenvalue weighted by Gasteiger charge is 2.14. The molecular weight excluding hydrogens is 242 g/mol. The van der Waals surface area contributed by atoms with Crippen molar-refractivity contribution in [2.75, 3.05) is 0 Å². The van der Waals surface area contributed by atoms with Crippen LogP contribution in [-0.2, 0) is 6.54 Å². The number of alkyl halides is 2. The standard InChI is InChI=1S/C11H14F2N4O/c1-7-5-16-10(18-7)8(2)15-6-9-14-3-4-17(9)11(12)13/h3-5,8,11,15H,6H2,1-2H3. The van der Waals surface area contributed by atoms with Crippen LogP contribution in [0.25, 0.3) is 0 Å². The number of rotatable bonds is 5. The van der Waals surface area contributed by atoms with Crippen LogP contribution in [0.15, 0.2) is 23.0 Å². The summed E-state index contributed by atoms with van der Waals surface area (Å²) in [6.07, 6.45) is 4.22. The topological polar surface area (TPSA) is 55.9 Å². The van der Waals surface area contributed by atoms with Gasteiger partial charge in [0.05, 0.1) is 18.8 Å². The van der Waals surface area contributed by atoms with Gasteiger partial charge in [-0.15, -0.1) is 0 Å². The second kappa shape index (κ2) is 5.26. The normalized spacial score (nSPS) is 13.2. The van der Waals surface area contributed by atoms with Gasteiger partial charge in [-0.2, -0.15) is 8.78 Å². The van der Waals surface area contributed by atoms with E-state index in [9.17, 15) is 8.78 Å². The van der Waals surface area contributed by atoms with Gasteiger partial charge in [0.15, 0.2) is 0 Å². The number of nitrogens with zero attached hydrogens (tertiary/aromatic N) is 3. The number of aromatic nitrogens is 3. The summed E-state index contributed by atoms with van der Waals surface area (Å²) in [5.41, 5.74) is 0. The van der Waals surface area contributed by atoms with Crippen LogP contribution in [-0.4, -0.2) is 14.5 Å². The number of nitrogens with one attached hydrogen (secondary N) is 1. The Labute approximate surface area is 103 Å². The molecule has 0 saturated heterocycles. The average molecular weight is 256 g/mol. The van der Waals surface area contributed by atoms with E-state index in [-0.39, 0.29) is 18.4 Å². The number of oxazole rings is 1. The van der Waals surface area contributed by atoms with E-state index in [4.69, 9.17) is 4.42 Å². The van der Waals surface area contributed by atoms with Crippen LogP contribution in [0.2, 0.25) is 0 Å². The molecule has 0 spiro atoms. The Hall–Kier alpha value is -1.76. The van der Waals surface area contributed by atoms with Crippen LogP contribution in [0, 0.1) is 6.92 Å². The van der Waals surface area contributed by atoms with Crippen molar-refractivity contribution in [1.29, 1.82) is 0 Å². The first-order chi connectivity index (χ1) is 8.58. The van der Waals surface area contributed by atoms with Gasteiger partial charge in [0.1, 0.15) is 11.6 Å². The van der Waals surface area contributed by atoms with Gasteiger partial charge in [-0.3, -0.25) is 9.88 Å². The van der Waals surface area contributed by atoms with Crippen LogP contribution < -0.4 is 5.32 Å². The number of hydrogen-bond acceptors (Lipinski definition) is 4. The second-order valence-electron chi connectivity index (χ2n) is 3.94. The maximum atomic E-state index is 12.6. The van der Waals surface area contributed by atoms with Crippen molar-refractivity contribution >= 4 is 0 Å². The highest BCUT2D eigenvalue weighted by Crippen LogP contribution is 2.15. The molecule has 2 rings (SSSR count). The Morgan fingerprint density at radius 3 is 2.83 bits per heavy atom. The van der Waals surface area contributed by atoms with Crippen molar-refractivity contribution in [3.63, 3.8) is 0 Å². The minimum absolute atomic E-state index is 0.165. The maximum Gasteiger partial charge on any atom is 0.319 e. The summed E-state index contributed by atoms with van der Waals surface area (Å²) in [4.78, 5) is 7.95. The molecule has 2 aromatic rings. The Kier molecular flexibility index (Phi) is 3.71. The number of halogens is 2. The molecule has 0 radical (unpaired) electrons. The van der Waals surface area contributed by atoms with Gasteiger partial charge < -0.3 is 4.42 Å². The van der Waals surface area contributed by atoms with E-state index in [0.717, 1.165) is 4.57 Å². The quantitative estimate of drug-likeness (QED) is 0.892. The lowest BCUT2D eigenvalue weighted by atomic mass is 10.3. The Balaban J connectivity index is 1.97. The van der Waals surface area contributed by atoms with Gasteiger partial charge in [0.25, 0.3) is 0 Å². The zero-order valence-electron chi connectivity index (χ0n) is 10.1. The van der Waals surface area contributed by atoms with Gasteiger partial charge in [0, 0.05) is 12.4 Å². The van der Waals surface area contributed by atoms with Crippen LogP contribution in [0.3, 0.4) is 0 Å². The summed E-state index contributed by atoms with van der Waals surface area (Å²) in [7, 11) is 0. The van der Waals surface area contributed by atoms with Crippen LogP contribution in [0.4, 0.5) is 8.78 Å². The van der Waals surface area contributed by atoms with E-state index in [1.165, 1.54) is 12.4 Å². The predicted molar refractivity (Wildman–Crippen MR) is 60.0 cm³/mol. The number of hydrogen-bond donors (Lipinski definition) is 1. The van der Waals surface area contributed by atoms with E-state index in [1.807, 2.05) is 6.92 Å². The smallest absolute Gasteiger partial charge is 0.319 e. The monoisotopic (exact) mass is 256 g/mol. The van der Waals surface area contributed by atoms with Crippen LogP contribution in [0.5, 0.6) is 0 Å². The molecule has 0 aliphatic rings. The molecule has 7 heteroatoms. The van der Waals surface area contributed by atoms with E-state index < -0.39 is 6.55 Å². The fraction of sp³-hybridized carbons (Fsp3) is 0.455. The van der Waals surface area contributed by atoms with Crippen molar-refractivity contribution in [3.8, 4) is 0 Å². The Morgan fingerprint density at radius 2 is 2.22 bits per heavy atom. The summed E-state index contributed by atoms with van der Waals surface area (Å²) >= 11 is 0. The highest BCUT2D eigenvalue weighted by atomic mass is 19.3. The predicted octanol–water partition coefficient (Wildman–Crippen LogP) is 2.43. The lowest BCUT2D eigenvalue weighted by Crippen LogP contribution is -2.21. The lowest BCUT2D eigenvalue weighted by Gasteiger charge is -2.11. The summed E-state index contributed by atoms with van der Waals surface area (Å²) < 4.78 is 31.3. The molecule has 0 bridgehead atoms. The third-order valence-electron chi connectivity index (χ3n) is 2.54. The molecule has 1 atom stereocenters. The van der Waals surface area contributed by atoms with Crippen molar-refractivity contribution < 1.29 is 13.2 Å². The van der Waals surface area contributed by atoms with Crippen LogP contribution in [0.1, 0.15) is 37.0 Å². The van der Waals surface area contributed by atoms with Gasteiger partial charge in [-0.25, -0.2) is 9.97 Å². The lowest BCUT2D eigenvalue weighted by molar-refractivity contribution is 0.0664. The van der Waals surface area contributed by atoms with Crippen molar-refractivity contribution in [1.82, 2.24) is 19.9 Å². The van der Waals surface area contributed by atoms with Crippen molar-refractivity contribution in [2.45, 2.75) is 33.0 Å². The van der Waals surface area contributed by atoms with Crippen molar-refractivity contribution in [3.05, 3.63) is 36.1 Å². The fourth-order valence-electron chi connectivity index (χ4n) is 1.56. The SMILES string of the molecule is Cc1cnc(C(C)NCc2nccn2C(F)F)o1. The molecule has 1 unspecified atom stereocenters. The van der Waals surface area contributed by atoms with Gasteiger partial charge in [-0.05, 0) is 13.8 Å². The molecule has 0 saturated carbocycles. The molecular formula is C11H14F2N4O. The molecule has 0 aromatic carbocycles. The molecule has 2 aromatic heterocycles. The highest BCUT2D eigenvalue weighted by molar-refractivity contribution is 4.97. The fourth-order valence-corrected chi connectivity index (χ4v) is 1.56. The molecule has 2 heterocycles. The molecule has 0 amide bonds. The van der Waals surface area contributed by atoms with Crippen molar-refractivity contribution in [2.24, 2.45) is 0 Å². The first kappa shape index (κ1) is 12.7. The molecule has 0 aliphatic carbocycles. The summed E-state index contributed by atoms with van der Waals surface area (Å²) in [5.74, 6) is 1.52. The third kappa shape index (κ3) is 2.73. The van der Waals surface area contributed by atoms with Gasteiger partial charge in [-0.1, -0.05) is 0 Å². The van der Waals surface area contributed by atoms with E-state index in [0.29, 0.717) is 11.7 Å². The zero-order chi connectivity index (χ0) is 13.1. The number of aryl methyl sites for hydroxylation is 1. The van der Waals surface area contributed by atoms with Crippen LogP contribution >= 0.6 is 0 Å². The summed E-state index contributed by atoms with van der Waals surface area (Å²) in [5, 5.41) is 3.04. The van der Waals surface area contributed by atoms with Gasteiger partial charge >= 0.3 is 6.55 Å². The first-order valence-electron chi connectivity index (χ1n) is 5.53. The molecule has 0 aliphatic heterocycles. The maximum absolute atomic E-state index is 12.6. The molecule has 1 N–H and O–H groups in total. The average Bonchev–Trinajstić information content (AvgIpc) is 2.94. The Morgan fingerprint density at radius 1 is 1.44 bits per heavy atom. The van der Waals surface area contributed by atoms with E-state index >= 15 is 0 Å². The van der Waals surface area contributed by atoms with E-state index in [2.05, 4.69) is 15.3 Å². The largest absolute Gasteiger partial charge is 0.444 e.